The van der Waals surface area contributed by atoms with Gasteiger partial charge in [0.05, 0.1) is 5.39 Å². The van der Waals surface area contributed by atoms with Crippen molar-refractivity contribution in [3.05, 3.63) is 51.6 Å². The molecule has 2 aromatic heterocycles. The summed E-state index contributed by atoms with van der Waals surface area (Å²) in [4.78, 5) is 10.1. The van der Waals surface area contributed by atoms with Gasteiger partial charge in [0.25, 0.3) is 0 Å². The van der Waals surface area contributed by atoms with Crippen LogP contribution in [0.3, 0.4) is 0 Å². The fourth-order valence-electron chi connectivity index (χ4n) is 1.99. The van der Waals surface area contributed by atoms with E-state index in [0.29, 0.717) is 11.4 Å². The highest BCUT2D eigenvalue weighted by Gasteiger charge is 2.10. The number of aryl methyl sites for hydroxylation is 1. The van der Waals surface area contributed by atoms with Crippen molar-refractivity contribution < 1.29 is 8.78 Å². The van der Waals surface area contributed by atoms with Crippen LogP contribution < -0.4 is 5.32 Å². The van der Waals surface area contributed by atoms with Crippen LogP contribution in [0.5, 0.6) is 0 Å². The summed E-state index contributed by atoms with van der Waals surface area (Å²) in [7, 11) is 0. The van der Waals surface area contributed by atoms with Gasteiger partial charge in [0.2, 0.25) is 5.28 Å². The van der Waals surface area contributed by atoms with Crippen molar-refractivity contribution in [2.45, 2.75) is 13.5 Å². The molecule has 0 saturated heterocycles. The molecule has 1 aromatic carbocycles. The lowest BCUT2D eigenvalue weighted by atomic mass is 10.2. The smallest absolute Gasteiger partial charge is 0.225 e. The first-order chi connectivity index (χ1) is 10.0. The normalized spacial score (nSPS) is 11.0. The summed E-state index contributed by atoms with van der Waals surface area (Å²) < 4.78 is 26.5. The van der Waals surface area contributed by atoms with E-state index in [9.17, 15) is 8.78 Å². The van der Waals surface area contributed by atoms with E-state index in [0.717, 1.165) is 21.2 Å². The maximum Gasteiger partial charge on any atom is 0.225 e. The van der Waals surface area contributed by atoms with Crippen LogP contribution in [0, 0.1) is 18.6 Å². The maximum atomic E-state index is 13.6. The van der Waals surface area contributed by atoms with Crippen LogP contribution in [0.2, 0.25) is 5.28 Å². The first kappa shape index (κ1) is 14.2. The molecule has 2 heterocycles. The number of fused-ring (bicyclic) bond motifs is 1. The van der Waals surface area contributed by atoms with Crippen molar-refractivity contribution in [1.82, 2.24) is 9.97 Å². The molecule has 3 aromatic rings. The van der Waals surface area contributed by atoms with Crippen LogP contribution in [0.25, 0.3) is 10.2 Å². The van der Waals surface area contributed by atoms with E-state index < -0.39 is 11.6 Å². The van der Waals surface area contributed by atoms with Gasteiger partial charge in [0.15, 0.2) is 0 Å². The number of anilines is 1. The first-order valence-corrected chi connectivity index (χ1v) is 7.34. The van der Waals surface area contributed by atoms with Crippen LogP contribution in [0.4, 0.5) is 14.6 Å². The zero-order valence-corrected chi connectivity index (χ0v) is 12.5. The summed E-state index contributed by atoms with van der Waals surface area (Å²) in [6.07, 6.45) is 0. The average Bonchev–Trinajstić information content (AvgIpc) is 2.77. The van der Waals surface area contributed by atoms with E-state index in [4.69, 9.17) is 11.6 Å². The van der Waals surface area contributed by atoms with Gasteiger partial charge in [0, 0.05) is 23.1 Å². The average molecular weight is 326 g/mol. The van der Waals surface area contributed by atoms with Crippen molar-refractivity contribution in [3.63, 3.8) is 0 Å². The molecule has 3 rings (SSSR count). The van der Waals surface area contributed by atoms with Gasteiger partial charge in [-0.2, -0.15) is 0 Å². The number of benzene rings is 1. The Balaban J connectivity index is 1.91. The SMILES string of the molecule is Cc1cc2c(NCc3ccc(F)cc3F)nc(Cl)nc2s1. The molecular weight excluding hydrogens is 316 g/mol. The van der Waals surface area contributed by atoms with E-state index in [1.54, 1.807) is 0 Å². The Labute approximate surface area is 128 Å². The number of aromatic nitrogens is 2. The second-order valence-corrected chi connectivity index (χ2v) is 6.08. The minimum Gasteiger partial charge on any atom is -0.365 e. The number of thiophene rings is 1. The lowest BCUT2D eigenvalue weighted by Crippen LogP contribution is -2.04. The van der Waals surface area contributed by atoms with E-state index in [1.807, 2.05) is 13.0 Å². The Hall–Kier alpha value is -1.79. The summed E-state index contributed by atoms with van der Waals surface area (Å²) in [6, 6.07) is 5.42. The Bertz CT molecular complexity index is 819. The second-order valence-electron chi connectivity index (χ2n) is 4.51. The van der Waals surface area contributed by atoms with Gasteiger partial charge in [-0.05, 0) is 30.7 Å². The summed E-state index contributed by atoms with van der Waals surface area (Å²) in [5.41, 5.74) is 0.353. The molecule has 0 aliphatic carbocycles. The molecule has 7 heteroatoms. The van der Waals surface area contributed by atoms with Crippen molar-refractivity contribution in [3.8, 4) is 0 Å². The minimum absolute atomic E-state index is 0.131. The monoisotopic (exact) mass is 325 g/mol. The fourth-order valence-corrected chi connectivity index (χ4v) is 3.09. The van der Waals surface area contributed by atoms with Crippen LogP contribution in [0.15, 0.2) is 24.3 Å². The molecule has 0 fully saturated rings. The molecule has 0 aliphatic rings. The van der Waals surface area contributed by atoms with Crippen molar-refractivity contribution in [2.75, 3.05) is 5.32 Å². The topological polar surface area (TPSA) is 37.8 Å². The summed E-state index contributed by atoms with van der Waals surface area (Å²) >= 11 is 7.40. The van der Waals surface area contributed by atoms with Gasteiger partial charge < -0.3 is 5.32 Å². The molecule has 21 heavy (non-hydrogen) atoms. The molecule has 0 saturated carbocycles. The third-order valence-corrected chi connectivity index (χ3v) is 4.06. The van der Waals surface area contributed by atoms with E-state index >= 15 is 0 Å². The van der Waals surface area contributed by atoms with Gasteiger partial charge in [-0.25, -0.2) is 18.7 Å². The van der Waals surface area contributed by atoms with Crippen LogP contribution >= 0.6 is 22.9 Å². The van der Waals surface area contributed by atoms with E-state index in [2.05, 4.69) is 15.3 Å². The van der Waals surface area contributed by atoms with Gasteiger partial charge in [-0.15, -0.1) is 11.3 Å². The first-order valence-electron chi connectivity index (χ1n) is 6.14. The van der Waals surface area contributed by atoms with Crippen molar-refractivity contribution in [2.24, 2.45) is 0 Å². The molecule has 0 unspecified atom stereocenters. The Morgan fingerprint density at radius 1 is 1.24 bits per heavy atom. The van der Waals surface area contributed by atoms with Gasteiger partial charge >= 0.3 is 0 Å². The lowest BCUT2D eigenvalue weighted by Gasteiger charge is -2.08. The molecular formula is C14H10ClF2N3S. The maximum absolute atomic E-state index is 13.6. The van der Waals surface area contributed by atoms with Gasteiger partial charge in [-0.1, -0.05) is 6.07 Å². The quantitative estimate of drug-likeness (QED) is 0.718. The van der Waals surface area contributed by atoms with Gasteiger partial charge in [0.1, 0.15) is 22.3 Å². The number of hydrogen-bond donors (Lipinski definition) is 1. The summed E-state index contributed by atoms with van der Waals surface area (Å²) in [6.45, 7) is 2.15. The largest absolute Gasteiger partial charge is 0.365 e. The number of nitrogens with zero attached hydrogens (tertiary/aromatic N) is 2. The van der Waals surface area contributed by atoms with Crippen LogP contribution in [-0.4, -0.2) is 9.97 Å². The third-order valence-electron chi connectivity index (χ3n) is 2.95. The van der Waals surface area contributed by atoms with E-state index in [1.165, 1.54) is 23.5 Å². The zero-order chi connectivity index (χ0) is 15.0. The molecule has 0 atom stereocenters. The van der Waals surface area contributed by atoms with E-state index in [-0.39, 0.29) is 11.8 Å². The summed E-state index contributed by atoms with van der Waals surface area (Å²) in [5, 5.41) is 4.00. The Morgan fingerprint density at radius 3 is 2.81 bits per heavy atom. The number of halogens is 3. The highest BCUT2D eigenvalue weighted by molar-refractivity contribution is 7.18. The molecule has 108 valence electrons. The number of rotatable bonds is 3. The third kappa shape index (κ3) is 2.96. The Morgan fingerprint density at radius 2 is 2.05 bits per heavy atom. The predicted molar refractivity (Wildman–Crippen MR) is 80.8 cm³/mol. The molecule has 3 nitrogen and oxygen atoms in total. The molecule has 0 amide bonds. The molecule has 0 aliphatic heterocycles. The predicted octanol–water partition coefficient (Wildman–Crippen LogP) is 4.54. The molecule has 0 radical (unpaired) electrons. The zero-order valence-electron chi connectivity index (χ0n) is 11.0. The minimum atomic E-state index is -0.600. The second kappa shape index (κ2) is 5.54. The highest BCUT2D eigenvalue weighted by Crippen LogP contribution is 2.29. The van der Waals surface area contributed by atoms with Crippen molar-refractivity contribution in [1.29, 1.82) is 0 Å². The molecule has 1 N–H and O–H groups in total. The highest BCUT2D eigenvalue weighted by atomic mass is 35.5. The lowest BCUT2D eigenvalue weighted by molar-refractivity contribution is 0.574. The standard InChI is InChI=1S/C14H10ClF2N3S/c1-7-4-10-12(19-14(15)20-13(10)21-7)18-6-8-2-3-9(16)5-11(8)17/h2-5H,6H2,1H3,(H,18,19,20). The molecule has 0 bridgehead atoms. The van der Waals surface area contributed by atoms with Crippen LogP contribution in [0.1, 0.15) is 10.4 Å². The fraction of sp³-hybridized carbons (Fsp3) is 0.143. The van der Waals surface area contributed by atoms with Crippen LogP contribution in [-0.2, 0) is 6.54 Å². The number of hydrogen-bond acceptors (Lipinski definition) is 4. The van der Waals surface area contributed by atoms with Crippen molar-refractivity contribution >= 4 is 39.0 Å². The molecule has 0 spiro atoms. The number of nitrogens with one attached hydrogen (secondary N) is 1. The van der Waals surface area contributed by atoms with Gasteiger partial charge in [-0.3, -0.25) is 0 Å². The Kier molecular flexibility index (Phi) is 3.73. The summed E-state index contributed by atoms with van der Waals surface area (Å²) in [5.74, 6) is -0.657.